The van der Waals surface area contributed by atoms with Crippen LogP contribution in [-0.2, 0) is 9.59 Å². The minimum Gasteiger partial charge on any atom is -0.550 e. The predicted octanol–water partition coefficient (Wildman–Crippen LogP) is 2.44. The molecule has 1 aromatic heterocycles. The average Bonchev–Trinajstić information content (AvgIpc) is 3.40. The Morgan fingerprint density at radius 2 is 1.82 bits per heavy atom. The molecule has 2 N–H and O–H groups in total. The summed E-state index contributed by atoms with van der Waals surface area (Å²) in [5.41, 5.74) is 2.03. The second kappa shape index (κ2) is 7.24. The van der Waals surface area contributed by atoms with Crippen LogP contribution in [0.15, 0.2) is 47.9 Å². The van der Waals surface area contributed by atoms with E-state index in [1.807, 2.05) is 30.5 Å². The summed E-state index contributed by atoms with van der Waals surface area (Å²) in [6.07, 6.45) is 4.50. The van der Waals surface area contributed by atoms with Gasteiger partial charge in [0, 0.05) is 23.3 Å². The molecule has 0 spiro atoms. The van der Waals surface area contributed by atoms with Crippen molar-refractivity contribution in [3.63, 3.8) is 0 Å². The normalized spacial score (nSPS) is 24.9. The number of amides is 2. The first-order chi connectivity index (χ1) is 13.4. The molecule has 0 aliphatic heterocycles. The van der Waals surface area contributed by atoms with Crippen molar-refractivity contribution in [2.24, 2.45) is 23.7 Å². The molecule has 7 heteroatoms. The number of benzene rings is 1. The van der Waals surface area contributed by atoms with Crippen LogP contribution in [0.3, 0.4) is 0 Å². The standard InChI is InChI=1S/C21H20N2O4S/c1-11-9-14(6-7-15(11)23-19(24)16-3-2-8-28-16)22-20(25)17-12-4-5-13(10-12)18(17)21(26)27/h2-9,12-13,17-18H,10H2,1H3,(H,22,25)(H,23,24)(H,26,27)/p-1/t12-,13+,17-,18+/m1/s1. The largest absolute Gasteiger partial charge is 0.550 e. The first-order valence-corrected chi connectivity index (χ1v) is 9.97. The number of thiophene rings is 1. The summed E-state index contributed by atoms with van der Waals surface area (Å²) in [5, 5.41) is 19.0. The highest BCUT2D eigenvalue weighted by Gasteiger charge is 2.48. The van der Waals surface area contributed by atoms with Crippen LogP contribution in [-0.4, -0.2) is 17.8 Å². The fourth-order valence-electron chi connectivity index (χ4n) is 4.20. The van der Waals surface area contributed by atoms with Crippen molar-refractivity contribution in [3.05, 3.63) is 58.3 Å². The minimum atomic E-state index is -1.17. The molecule has 28 heavy (non-hydrogen) atoms. The summed E-state index contributed by atoms with van der Waals surface area (Å²) in [6, 6.07) is 8.76. The Morgan fingerprint density at radius 3 is 2.46 bits per heavy atom. The van der Waals surface area contributed by atoms with E-state index in [1.54, 1.807) is 24.3 Å². The van der Waals surface area contributed by atoms with Crippen molar-refractivity contribution in [3.8, 4) is 0 Å². The summed E-state index contributed by atoms with van der Waals surface area (Å²) >= 11 is 1.36. The molecule has 2 bridgehead atoms. The summed E-state index contributed by atoms with van der Waals surface area (Å²) in [5.74, 6) is -3.22. The third-order valence-corrected chi connectivity index (χ3v) is 6.39. The highest BCUT2D eigenvalue weighted by atomic mass is 32.1. The molecule has 0 radical (unpaired) electrons. The van der Waals surface area contributed by atoms with Crippen LogP contribution in [0, 0.1) is 30.6 Å². The third-order valence-electron chi connectivity index (χ3n) is 5.52. The van der Waals surface area contributed by atoms with Gasteiger partial charge in [0.15, 0.2) is 0 Å². The van der Waals surface area contributed by atoms with Gasteiger partial charge in [0.05, 0.1) is 10.8 Å². The highest BCUT2D eigenvalue weighted by Crippen LogP contribution is 2.48. The highest BCUT2D eigenvalue weighted by molar-refractivity contribution is 7.12. The number of hydrogen-bond donors (Lipinski definition) is 2. The van der Waals surface area contributed by atoms with Crippen LogP contribution in [0.2, 0.25) is 0 Å². The number of carboxylic acid groups (broad SMARTS) is 1. The van der Waals surface area contributed by atoms with E-state index >= 15 is 0 Å². The molecular formula is C21H19N2O4S-. The van der Waals surface area contributed by atoms with Gasteiger partial charge in [-0.1, -0.05) is 18.2 Å². The molecule has 4 atom stereocenters. The maximum Gasteiger partial charge on any atom is 0.265 e. The lowest BCUT2D eigenvalue weighted by Crippen LogP contribution is -2.42. The Morgan fingerprint density at radius 1 is 1.07 bits per heavy atom. The number of aliphatic carboxylic acids is 1. The molecule has 144 valence electrons. The number of hydrogen-bond acceptors (Lipinski definition) is 5. The second-order valence-electron chi connectivity index (χ2n) is 7.27. The number of allylic oxidation sites excluding steroid dienone is 2. The number of anilines is 2. The zero-order valence-corrected chi connectivity index (χ0v) is 16.0. The Labute approximate surface area is 166 Å². The van der Waals surface area contributed by atoms with Crippen molar-refractivity contribution >= 4 is 40.5 Å². The van der Waals surface area contributed by atoms with Gasteiger partial charge in [0.2, 0.25) is 5.91 Å². The molecule has 1 fully saturated rings. The van der Waals surface area contributed by atoms with E-state index in [4.69, 9.17) is 0 Å². The molecule has 6 nitrogen and oxygen atoms in total. The molecule has 0 saturated heterocycles. The van der Waals surface area contributed by atoms with Crippen molar-refractivity contribution in [2.75, 3.05) is 10.6 Å². The quantitative estimate of drug-likeness (QED) is 0.760. The average molecular weight is 395 g/mol. The van der Waals surface area contributed by atoms with Crippen molar-refractivity contribution < 1.29 is 19.5 Å². The molecule has 2 amide bonds. The van der Waals surface area contributed by atoms with Crippen LogP contribution >= 0.6 is 11.3 Å². The number of rotatable bonds is 5. The van der Waals surface area contributed by atoms with Gasteiger partial charge >= 0.3 is 0 Å². The minimum absolute atomic E-state index is 0.0571. The Balaban J connectivity index is 1.46. The maximum atomic E-state index is 12.7. The molecule has 4 rings (SSSR count). The Bertz CT molecular complexity index is 967. The monoisotopic (exact) mass is 395 g/mol. The predicted molar refractivity (Wildman–Crippen MR) is 105 cm³/mol. The topological polar surface area (TPSA) is 98.3 Å². The molecule has 1 heterocycles. The first kappa shape index (κ1) is 18.4. The summed E-state index contributed by atoms with van der Waals surface area (Å²) in [4.78, 5) is 37.1. The van der Waals surface area contributed by atoms with E-state index in [1.165, 1.54) is 11.3 Å². The Kier molecular flexibility index (Phi) is 4.77. The lowest BCUT2D eigenvalue weighted by molar-refractivity contribution is -0.313. The van der Waals surface area contributed by atoms with Gasteiger partial charge in [-0.2, -0.15) is 0 Å². The smallest absolute Gasteiger partial charge is 0.265 e. The summed E-state index contributed by atoms with van der Waals surface area (Å²) in [6.45, 7) is 1.84. The van der Waals surface area contributed by atoms with E-state index in [0.29, 0.717) is 22.7 Å². The number of nitrogens with one attached hydrogen (secondary N) is 2. The van der Waals surface area contributed by atoms with E-state index in [2.05, 4.69) is 10.6 Å². The number of fused-ring (bicyclic) bond motifs is 2. The number of aryl methyl sites for hydroxylation is 1. The number of carboxylic acids is 1. The van der Waals surface area contributed by atoms with Crippen molar-refractivity contribution in [1.29, 1.82) is 0 Å². The number of carbonyl (C=O) groups excluding carboxylic acids is 3. The van der Waals surface area contributed by atoms with Gasteiger partial charge in [-0.15, -0.1) is 11.3 Å². The van der Waals surface area contributed by atoms with E-state index in [-0.39, 0.29) is 23.7 Å². The summed E-state index contributed by atoms with van der Waals surface area (Å²) < 4.78 is 0. The fourth-order valence-corrected chi connectivity index (χ4v) is 4.82. The van der Waals surface area contributed by atoms with Crippen LogP contribution < -0.4 is 15.7 Å². The van der Waals surface area contributed by atoms with Gasteiger partial charge in [0.1, 0.15) is 0 Å². The molecule has 0 unspecified atom stereocenters. The zero-order chi connectivity index (χ0) is 19.8. The van der Waals surface area contributed by atoms with E-state index < -0.39 is 17.8 Å². The Hall–Kier alpha value is -2.93. The lowest BCUT2D eigenvalue weighted by Gasteiger charge is -2.27. The van der Waals surface area contributed by atoms with Gasteiger partial charge in [0.25, 0.3) is 5.91 Å². The van der Waals surface area contributed by atoms with Gasteiger partial charge in [-0.3, -0.25) is 9.59 Å². The molecule has 1 aromatic carbocycles. The van der Waals surface area contributed by atoms with Crippen LogP contribution in [0.1, 0.15) is 21.7 Å². The third kappa shape index (κ3) is 3.33. The van der Waals surface area contributed by atoms with Crippen LogP contribution in [0.25, 0.3) is 0 Å². The van der Waals surface area contributed by atoms with E-state index in [0.717, 1.165) is 5.56 Å². The van der Waals surface area contributed by atoms with Gasteiger partial charge in [-0.05, 0) is 60.4 Å². The SMILES string of the molecule is Cc1cc(NC(=O)[C@H]2[C@@H](C(=O)[O-])[C@H]3C=C[C@@H]2C3)ccc1NC(=O)c1cccs1. The molecule has 1 saturated carbocycles. The van der Waals surface area contributed by atoms with Crippen LogP contribution in [0.5, 0.6) is 0 Å². The molecule has 2 aliphatic rings. The van der Waals surface area contributed by atoms with Gasteiger partial charge < -0.3 is 20.5 Å². The molecular weight excluding hydrogens is 376 g/mol. The van der Waals surface area contributed by atoms with Gasteiger partial charge in [-0.25, -0.2) is 0 Å². The second-order valence-corrected chi connectivity index (χ2v) is 8.22. The van der Waals surface area contributed by atoms with Crippen molar-refractivity contribution in [1.82, 2.24) is 0 Å². The maximum absolute atomic E-state index is 12.7. The van der Waals surface area contributed by atoms with Crippen molar-refractivity contribution in [2.45, 2.75) is 13.3 Å². The number of carbonyl (C=O) groups is 3. The van der Waals surface area contributed by atoms with E-state index in [9.17, 15) is 19.5 Å². The lowest BCUT2D eigenvalue weighted by atomic mass is 9.82. The molecule has 2 aliphatic carbocycles. The van der Waals surface area contributed by atoms with Crippen LogP contribution in [0.4, 0.5) is 11.4 Å². The first-order valence-electron chi connectivity index (χ1n) is 9.09. The molecule has 2 aromatic rings. The summed E-state index contributed by atoms with van der Waals surface area (Å²) in [7, 11) is 0. The zero-order valence-electron chi connectivity index (χ0n) is 15.2. The fraction of sp³-hybridized carbons (Fsp3) is 0.286.